The van der Waals surface area contributed by atoms with Crippen LogP contribution in [0.4, 0.5) is 5.69 Å². The summed E-state index contributed by atoms with van der Waals surface area (Å²) in [7, 11) is 0. The van der Waals surface area contributed by atoms with Gasteiger partial charge >= 0.3 is 0 Å². The summed E-state index contributed by atoms with van der Waals surface area (Å²) >= 11 is 0. The highest BCUT2D eigenvalue weighted by Crippen LogP contribution is 2.37. The highest BCUT2D eigenvalue weighted by atomic mass is 16.6. The fourth-order valence-electron chi connectivity index (χ4n) is 5.45. The van der Waals surface area contributed by atoms with E-state index in [1.807, 2.05) is 30.3 Å². The molecule has 1 saturated heterocycles. The molecule has 0 saturated carbocycles. The van der Waals surface area contributed by atoms with Crippen molar-refractivity contribution in [1.82, 2.24) is 9.91 Å². The first-order valence-electron chi connectivity index (χ1n) is 13.0. The second-order valence-corrected chi connectivity index (χ2v) is 9.91. The van der Waals surface area contributed by atoms with Gasteiger partial charge in [-0.2, -0.15) is 5.10 Å². The molecule has 5 rings (SSSR count). The number of amides is 1. The number of hydrogen-bond donors (Lipinski definition) is 0. The molecule has 0 spiro atoms. The Morgan fingerprint density at radius 2 is 1.57 bits per heavy atom. The molecule has 3 aromatic rings. The largest absolute Gasteiger partial charge is 0.303 e. The van der Waals surface area contributed by atoms with Crippen molar-refractivity contribution in [2.45, 2.75) is 38.1 Å². The summed E-state index contributed by atoms with van der Waals surface area (Å²) in [6.07, 6.45) is 4.15. The van der Waals surface area contributed by atoms with Crippen LogP contribution in [0.25, 0.3) is 0 Å². The number of likely N-dealkylation sites (tertiary alicyclic amines) is 1. The van der Waals surface area contributed by atoms with Gasteiger partial charge in [0.2, 0.25) is 5.91 Å². The predicted molar refractivity (Wildman–Crippen MR) is 144 cm³/mol. The summed E-state index contributed by atoms with van der Waals surface area (Å²) in [6.45, 7) is 2.64. The Morgan fingerprint density at radius 3 is 2.27 bits per heavy atom. The summed E-state index contributed by atoms with van der Waals surface area (Å²) in [5, 5.41) is 17.9. The van der Waals surface area contributed by atoms with E-state index in [0.717, 1.165) is 43.6 Å². The molecule has 1 amide bonds. The average molecular weight is 497 g/mol. The number of benzene rings is 3. The zero-order chi connectivity index (χ0) is 25.6. The Balaban J connectivity index is 1.25. The van der Waals surface area contributed by atoms with Crippen LogP contribution in [0.3, 0.4) is 0 Å². The highest BCUT2D eigenvalue weighted by molar-refractivity contribution is 6.03. The van der Waals surface area contributed by atoms with Gasteiger partial charge in [0.1, 0.15) is 0 Å². The number of para-hydroxylation sites is 1. The zero-order valence-corrected chi connectivity index (χ0v) is 20.9. The van der Waals surface area contributed by atoms with Crippen molar-refractivity contribution in [2.24, 2.45) is 11.0 Å². The van der Waals surface area contributed by atoms with E-state index in [-0.39, 0.29) is 16.5 Å². The third-order valence-electron chi connectivity index (χ3n) is 7.48. The predicted octanol–water partition coefficient (Wildman–Crippen LogP) is 5.62. The Labute approximate surface area is 217 Å². The minimum Gasteiger partial charge on any atom is -0.303 e. The van der Waals surface area contributed by atoms with E-state index in [4.69, 9.17) is 5.10 Å². The van der Waals surface area contributed by atoms with E-state index in [1.165, 1.54) is 16.6 Å². The molecule has 2 aliphatic heterocycles. The summed E-state index contributed by atoms with van der Waals surface area (Å²) < 4.78 is 0. The molecule has 37 heavy (non-hydrogen) atoms. The number of piperidine rings is 1. The molecule has 190 valence electrons. The summed E-state index contributed by atoms with van der Waals surface area (Å²) in [5.41, 5.74) is 3.64. The van der Waals surface area contributed by atoms with Crippen LogP contribution < -0.4 is 0 Å². The van der Waals surface area contributed by atoms with Crippen LogP contribution in [0.15, 0.2) is 90.0 Å². The lowest BCUT2D eigenvalue weighted by Crippen LogP contribution is -2.37. The monoisotopic (exact) mass is 496 g/mol. The van der Waals surface area contributed by atoms with Gasteiger partial charge in [-0.25, -0.2) is 5.01 Å². The molecule has 1 fully saturated rings. The lowest BCUT2D eigenvalue weighted by Gasteiger charge is -2.32. The van der Waals surface area contributed by atoms with E-state index in [1.54, 1.807) is 18.2 Å². The highest BCUT2D eigenvalue weighted by Gasteiger charge is 2.36. The molecule has 2 aliphatic rings. The van der Waals surface area contributed by atoms with Gasteiger partial charge in [0.05, 0.1) is 22.2 Å². The smallest absolute Gasteiger partial charge is 0.274 e. The number of nitro benzene ring substituents is 1. The maximum absolute atomic E-state index is 13.5. The maximum atomic E-state index is 13.5. The van der Waals surface area contributed by atoms with E-state index in [0.29, 0.717) is 30.9 Å². The molecule has 0 radical (unpaired) electrons. The van der Waals surface area contributed by atoms with Crippen molar-refractivity contribution >= 4 is 17.3 Å². The second kappa shape index (κ2) is 11.5. The molecule has 0 aromatic heterocycles. The Kier molecular flexibility index (Phi) is 7.70. The Bertz CT molecular complexity index is 1250. The second-order valence-electron chi connectivity index (χ2n) is 9.91. The minimum atomic E-state index is -0.485. The lowest BCUT2D eigenvalue weighted by atomic mass is 9.90. The van der Waals surface area contributed by atoms with E-state index in [9.17, 15) is 14.9 Å². The van der Waals surface area contributed by atoms with Crippen LogP contribution in [-0.2, 0) is 11.2 Å². The quantitative estimate of drug-likeness (QED) is 0.300. The number of nitro groups is 1. The van der Waals surface area contributed by atoms with Crippen molar-refractivity contribution in [3.63, 3.8) is 0 Å². The van der Waals surface area contributed by atoms with Crippen LogP contribution in [-0.4, -0.2) is 46.1 Å². The number of rotatable bonds is 8. The van der Waals surface area contributed by atoms with Crippen LogP contribution in [0.5, 0.6) is 0 Å². The van der Waals surface area contributed by atoms with Gasteiger partial charge in [0.15, 0.2) is 0 Å². The van der Waals surface area contributed by atoms with E-state index >= 15 is 0 Å². The molecule has 7 nitrogen and oxygen atoms in total. The number of carbonyl (C=O) groups excluding carboxylic acids is 1. The molecule has 0 bridgehead atoms. The molecule has 7 heteroatoms. The van der Waals surface area contributed by atoms with Crippen LogP contribution in [0, 0.1) is 16.0 Å². The van der Waals surface area contributed by atoms with Gasteiger partial charge in [-0.15, -0.1) is 0 Å². The fraction of sp³-hybridized carbons (Fsp3) is 0.333. The van der Waals surface area contributed by atoms with Crippen LogP contribution >= 0.6 is 0 Å². The number of carbonyl (C=O) groups is 1. The van der Waals surface area contributed by atoms with Crippen molar-refractivity contribution in [1.29, 1.82) is 0 Å². The zero-order valence-electron chi connectivity index (χ0n) is 20.9. The first-order chi connectivity index (χ1) is 18.1. The van der Waals surface area contributed by atoms with Gasteiger partial charge in [-0.1, -0.05) is 72.8 Å². The third kappa shape index (κ3) is 5.94. The number of hydrazone groups is 1. The minimum absolute atomic E-state index is 0.0234. The van der Waals surface area contributed by atoms with Gasteiger partial charge < -0.3 is 4.90 Å². The van der Waals surface area contributed by atoms with Crippen molar-refractivity contribution in [3.05, 3.63) is 112 Å². The third-order valence-corrected chi connectivity index (χ3v) is 7.48. The van der Waals surface area contributed by atoms with Gasteiger partial charge in [-0.3, -0.25) is 14.9 Å². The molecular weight excluding hydrogens is 464 g/mol. The summed E-state index contributed by atoms with van der Waals surface area (Å²) in [5.74, 6) is 0.578. The van der Waals surface area contributed by atoms with Crippen LogP contribution in [0.1, 0.15) is 48.4 Å². The van der Waals surface area contributed by atoms with E-state index in [2.05, 4.69) is 35.2 Å². The first kappa shape index (κ1) is 24.8. The van der Waals surface area contributed by atoms with Crippen molar-refractivity contribution < 1.29 is 9.72 Å². The van der Waals surface area contributed by atoms with E-state index < -0.39 is 6.04 Å². The van der Waals surface area contributed by atoms with Gasteiger partial charge in [-0.05, 0) is 55.5 Å². The maximum Gasteiger partial charge on any atom is 0.274 e. The molecule has 0 N–H and O–H groups in total. The van der Waals surface area contributed by atoms with Gasteiger partial charge in [0, 0.05) is 25.5 Å². The molecule has 2 heterocycles. The molecular formula is C30H32N4O3. The lowest BCUT2D eigenvalue weighted by molar-refractivity contribution is -0.385. The number of nitrogens with zero attached hydrogens (tertiary/aromatic N) is 4. The van der Waals surface area contributed by atoms with Crippen molar-refractivity contribution in [2.75, 3.05) is 19.6 Å². The molecule has 0 unspecified atom stereocenters. The molecule has 3 aromatic carbocycles. The SMILES string of the molecule is O=C(CCN1CCC(Cc2ccccc2)CC1)N1N=C(c2ccccc2)C[C@H]1c1ccccc1[N+](=O)[O-]. The average Bonchev–Trinajstić information content (AvgIpc) is 3.39. The number of hydrogen-bond acceptors (Lipinski definition) is 5. The summed E-state index contributed by atoms with van der Waals surface area (Å²) in [6, 6.07) is 26.5. The normalized spacial score (nSPS) is 18.5. The molecule has 0 aliphatic carbocycles. The van der Waals surface area contributed by atoms with Gasteiger partial charge in [0.25, 0.3) is 5.69 Å². The summed E-state index contributed by atoms with van der Waals surface area (Å²) in [4.78, 5) is 27.2. The topological polar surface area (TPSA) is 79.0 Å². The first-order valence-corrected chi connectivity index (χ1v) is 13.0. The molecule has 1 atom stereocenters. The van der Waals surface area contributed by atoms with Crippen LogP contribution in [0.2, 0.25) is 0 Å². The Hall–Kier alpha value is -3.84. The van der Waals surface area contributed by atoms with Crippen molar-refractivity contribution in [3.8, 4) is 0 Å². The standard InChI is InChI=1S/C30H32N4O3/c35-30(17-20-32-18-15-24(16-19-32)21-23-9-3-1-4-10-23)33-29(26-13-7-8-14-28(26)34(36)37)22-27(31-33)25-11-5-2-6-12-25/h1-14,24,29H,15-22H2/t29-/m0/s1. The Morgan fingerprint density at radius 1 is 0.919 bits per heavy atom. The fourth-order valence-corrected chi connectivity index (χ4v) is 5.45.